The van der Waals surface area contributed by atoms with Gasteiger partial charge in [0, 0.05) is 23.5 Å². The lowest BCUT2D eigenvalue weighted by atomic mass is 10.1. The summed E-state index contributed by atoms with van der Waals surface area (Å²) in [5.41, 5.74) is 3.83. The van der Waals surface area contributed by atoms with Crippen LogP contribution in [0.1, 0.15) is 53.1 Å². The second kappa shape index (κ2) is 7.35. The molecule has 1 aliphatic heterocycles. The molecule has 1 fully saturated rings. The zero-order chi connectivity index (χ0) is 17.1. The number of nitrogens with one attached hydrogen (secondary N) is 2. The normalized spacial score (nSPS) is 20.1. The molecular formula is C19H25N5O. The molecule has 0 bridgehead atoms. The number of amides is 1. The van der Waals surface area contributed by atoms with Gasteiger partial charge >= 0.3 is 0 Å². The zero-order valence-electron chi connectivity index (χ0n) is 14.5. The van der Waals surface area contributed by atoms with Crippen molar-refractivity contribution in [3.8, 4) is 0 Å². The van der Waals surface area contributed by atoms with Crippen LogP contribution in [0.2, 0.25) is 0 Å². The number of fused-ring (bicyclic) bond motifs is 1. The van der Waals surface area contributed by atoms with Crippen molar-refractivity contribution in [2.75, 3.05) is 13.1 Å². The molecule has 0 unspecified atom stereocenters. The maximum absolute atomic E-state index is 13.4. The second-order valence-electron chi connectivity index (χ2n) is 6.97. The molecule has 1 atom stereocenters. The van der Waals surface area contributed by atoms with Crippen molar-refractivity contribution in [1.82, 2.24) is 25.4 Å². The number of nitrogens with zero attached hydrogens (tertiary/aromatic N) is 3. The molecule has 4 rings (SSSR count). The molecule has 0 saturated carbocycles. The highest BCUT2D eigenvalue weighted by molar-refractivity contribution is 5.94. The average Bonchev–Trinajstić information content (AvgIpc) is 3.15. The summed E-state index contributed by atoms with van der Waals surface area (Å²) in [5.74, 6) is 0.0527. The molecule has 1 aliphatic carbocycles. The lowest BCUT2D eigenvalue weighted by Crippen LogP contribution is -2.41. The first-order chi connectivity index (χ1) is 12.3. The number of carbonyl (C=O) groups is 1. The number of aryl methyl sites for hydroxylation is 1. The summed E-state index contributed by atoms with van der Waals surface area (Å²) in [6, 6.07) is 6.11. The summed E-state index contributed by atoms with van der Waals surface area (Å²) in [4.78, 5) is 19.8. The Morgan fingerprint density at radius 3 is 3.04 bits per heavy atom. The van der Waals surface area contributed by atoms with Gasteiger partial charge in [-0.2, -0.15) is 5.10 Å². The van der Waals surface area contributed by atoms with Crippen LogP contribution in [0.5, 0.6) is 0 Å². The predicted molar refractivity (Wildman–Crippen MR) is 95.2 cm³/mol. The molecule has 1 amide bonds. The van der Waals surface area contributed by atoms with Crippen LogP contribution >= 0.6 is 0 Å². The van der Waals surface area contributed by atoms with E-state index in [9.17, 15) is 4.79 Å². The van der Waals surface area contributed by atoms with Gasteiger partial charge < -0.3 is 10.2 Å². The van der Waals surface area contributed by atoms with Gasteiger partial charge in [-0.1, -0.05) is 6.07 Å². The van der Waals surface area contributed by atoms with Crippen LogP contribution < -0.4 is 5.32 Å². The van der Waals surface area contributed by atoms with Crippen LogP contribution in [0.4, 0.5) is 0 Å². The molecule has 6 nitrogen and oxygen atoms in total. The van der Waals surface area contributed by atoms with Gasteiger partial charge in [-0.15, -0.1) is 0 Å². The maximum atomic E-state index is 13.4. The maximum Gasteiger partial charge on any atom is 0.275 e. The number of rotatable bonds is 4. The Morgan fingerprint density at radius 2 is 2.16 bits per heavy atom. The first kappa shape index (κ1) is 16.3. The highest BCUT2D eigenvalue weighted by atomic mass is 16.2. The van der Waals surface area contributed by atoms with E-state index in [1.54, 1.807) is 6.20 Å². The van der Waals surface area contributed by atoms with E-state index in [0.29, 0.717) is 12.2 Å². The third-order valence-electron chi connectivity index (χ3n) is 5.31. The van der Waals surface area contributed by atoms with Gasteiger partial charge in [0.25, 0.3) is 5.91 Å². The fourth-order valence-electron chi connectivity index (χ4n) is 3.98. The van der Waals surface area contributed by atoms with Crippen LogP contribution in [-0.4, -0.2) is 45.1 Å². The van der Waals surface area contributed by atoms with Crippen LogP contribution in [0.15, 0.2) is 24.4 Å². The van der Waals surface area contributed by atoms with Gasteiger partial charge in [0.1, 0.15) is 0 Å². The Hall–Kier alpha value is -2.21. The van der Waals surface area contributed by atoms with Crippen molar-refractivity contribution in [1.29, 1.82) is 0 Å². The van der Waals surface area contributed by atoms with Crippen molar-refractivity contribution in [2.24, 2.45) is 0 Å². The molecule has 132 valence electrons. The molecular weight excluding hydrogens is 314 g/mol. The van der Waals surface area contributed by atoms with Gasteiger partial charge in [-0.05, 0) is 63.7 Å². The summed E-state index contributed by atoms with van der Waals surface area (Å²) < 4.78 is 0. The Bertz CT molecular complexity index is 719. The summed E-state index contributed by atoms with van der Waals surface area (Å²) in [6.45, 7) is 2.53. The van der Waals surface area contributed by atoms with E-state index in [2.05, 4.69) is 20.5 Å². The summed E-state index contributed by atoms with van der Waals surface area (Å²) in [6.07, 6.45) is 7.95. The average molecular weight is 339 g/mol. The molecule has 6 heteroatoms. The number of aromatic amines is 1. The molecule has 2 aromatic rings. The van der Waals surface area contributed by atoms with Crippen molar-refractivity contribution < 1.29 is 4.79 Å². The van der Waals surface area contributed by atoms with Crippen molar-refractivity contribution in [3.63, 3.8) is 0 Å². The Kier molecular flexibility index (Phi) is 4.78. The quantitative estimate of drug-likeness (QED) is 0.894. The van der Waals surface area contributed by atoms with Gasteiger partial charge in [0.05, 0.1) is 12.2 Å². The van der Waals surface area contributed by atoms with E-state index in [4.69, 9.17) is 0 Å². The van der Waals surface area contributed by atoms with Crippen molar-refractivity contribution >= 4 is 5.91 Å². The van der Waals surface area contributed by atoms with E-state index in [1.807, 2.05) is 23.1 Å². The minimum absolute atomic E-state index is 0.0527. The second-order valence-corrected chi connectivity index (χ2v) is 6.97. The van der Waals surface area contributed by atoms with E-state index >= 15 is 0 Å². The monoisotopic (exact) mass is 339 g/mol. The molecule has 2 aliphatic rings. The van der Waals surface area contributed by atoms with Crippen LogP contribution in [0.25, 0.3) is 0 Å². The zero-order valence-corrected chi connectivity index (χ0v) is 14.5. The summed E-state index contributed by atoms with van der Waals surface area (Å²) in [7, 11) is 0. The Morgan fingerprint density at radius 1 is 1.20 bits per heavy atom. The topological polar surface area (TPSA) is 73.9 Å². The number of hydrogen-bond acceptors (Lipinski definition) is 4. The van der Waals surface area contributed by atoms with Gasteiger partial charge in [0.15, 0.2) is 5.69 Å². The van der Waals surface area contributed by atoms with Gasteiger partial charge in [-0.3, -0.25) is 14.9 Å². The van der Waals surface area contributed by atoms with Crippen molar-refractivity contribution in [3.05, 3.63) is 47.0 Å². The number of carbonyl (C=O) groups excluding carboxylic acids is 1. The molecule has 3 heterocycles. The van der Waals surface area contributed by atoms with E-state index < -0.39 is 0 Å². The molecule has 2 N–H and O–H groups in total. The Balaban J connectivity index is 1.62. The molecule has 0 radical (unpaired) electrons. The van der Waals surface area contributed by atoms with Crippen LogP contribution in [-0.2, 0) is 19.4 Å². The highest BCUT2D eigenvalue weighted by Gasteiger charge is 2.31. The number of H-pyrrole nitrogens is 1. The number of hydrogen-bond donors (Lipinski definition) is 2. The van der Waals surface area contributed by atoms with E-state index in [-0.39, 0.29) is 11.9 Å². The number of aromatic nitrogens is 3. The third kappa shape index (κ3) is 3.44. The molecule has 0 aromatic carbocycles. The first-order valence-corrected chi connectivity index (χ1v) is 9.30. The van der Waals surface area contributed by atoms with E-state index in [1.165, 1.54) is 0 Å². The SMILES string of the molecule is O=C(c1n[nH]c2c1CCC2)N(Cc1ccccn1)[C@@H]1CCCNCC1. The standard InChI is InChI=1S/C19H25N5O/c25-19(18-16-7-3-8-17(16)22-23-18)24(13-14-5-1-2-11-21-14)15-6-4-10-20-12-9-15/h1-2,5,11,15,20H,3-4,6-10,12-13H2,(H,22,23)/t15-/m1/s1. The van der Waals surface area contributed by atoms with Gasteiger partial charge in [0.2, 0.25) is 0 Å². The molecule has 0 spiro atoms. The fourth-order valence-corrected chi connectivity index (χ4v) is 3.98. The molecule has 2 aromatic heterocycles. The number of pyridine rings is 1. The lowest BCUT2D eigenvalue weighted by molar-refractivity contribution is 0.0635. The third-order valence-corrected chi connectivity index (χ3v) is 5.31. The fraction of sp³-hybridized carbons (Fsp3) is 0.526. The minimum Gasteiger partial charge on any atom is -0.328 e. The predicted octanol–water partition coefficient (Wildman–Crippen LogP) is 2.08. The van der Waals surface area contributed by atoms with Crippen molar-refractivity contribution in [2.45, 2.75) is 51.1 Å². The van der Waals surface area contributed by atoms with Crippen LogP contribution in [0, 0.1) is 0 Å². The minimum atomic E-state index is 0.0527. The largest absolute Gasteiger partial charge is 0.328 e. The smallest absolute Gasteiger partial charge is 0.275 e. The molecule has 25 heavy (non-hydrogen) atoms. The summed E-state index contributed by atoms with van der Waals surface area (Å²) in [5, 5.41) is 10.9. The van der Waals surface area contributed by atoms with Gasteiger partial charge in [-0.25, -0.2) is 0 Å². The van der Waals surface area contributed by atoms with E-state index in [0.717, 1.165) is 68.6 Å². The summed E-state index contributed by atoms with van der Waals surface area (Å²) >= 11 is 0. The highest BCUT2D eigenvalue weighted by Crippen LogP contribution is 2.26. The Labute approximate surface area is 148 Å². The first-order valence-electron chi connectivity index (χ1n) is 9.30. The molecule has 1 saturated heterocycles. The lowest BCUT2D eigenvalue weighted by Gasteiger charge is -2.30. The van der Waals surface area contributed by atoms with Crippen LogP contribution in [0.3, 0.4) is 0 Å².